The summed E-state index contributed by atoms with van der Waals surface area (Å²) in [6.07, 6.45) is -0.169. The maximum absolute atomic E-state index is 12.1. The van der Waals surface area contributed by atoms with Gasteiger partial charge >= 0.3 is 0 Å². The van der Waals surface area contributed by atoms with Crippen LogP contribution in [0.3, 0.4) is 0 Å². The summed E-state index contributed by atoms with van der Waals surface area (Å²) in [7, 11) is 1.59. The smallest absolute Gasteiger partial charge is 0.251 e. The highest BCUT2D eigenvalue weighted by Crippen LogP contribution is 2.25. The summed E-state index contributed by atoms with van der Waals surface area (Å²) in [6.45, 7) is 0.398. The Kier molecular flexibility index (Phi) is 5.31. The molecule has 2 N–H and O–H groups in total. The zero-order valence-electron chi connectivity index (χ0n) is 14.1. The second kappa shape index (κ2) is 7.81. The van der Waals surface area contributed by atoms with Crippen LogP contribution < -0.4 is 10.1 Å². The molecule has 0 aliphatic carbocycles. The predicted molar refractivity (Wildman–Crippen MR) is 98.9 cm³/mol. The molecule has 0 radical (unpaired) electrons. The van der Waals surface area contributed by atoms with Gasteiger partial charge in [0, 0.05) is 12.1 Å². The molecular weight excluding hydrogens is 314 g/mol. The van der Waals surface area contributed by atoms with Gasteiger partial charge in [0.15, 0.2) is 0 Å². The van der Waals surface area contributed by atoms with Gasteiger partial charge in [-0.05, 0) is 47.0 Å². The number of benzene rings is 3. The summed E-state index contributed by atoms with van der Waals surface area (Å²) in [4.78, 5) is 12.1. The largest absolute Gasteiger partial charge is 0.497 e. The van der Waals surface area contributed by atoms with Crippen LogP contribution in [0.2, 0.25) is 0 Å². The van der Waals surface area contributed by atoms with E-state index in [1.807, 2.05) is 42.5 Å². The van der Waals surface area contributed by atoms with E-state index in [0.717, 1.165) is 16.3 Å². The van der Waals surface area contributed by atoms with Crippen molar-refractivity contribution < 1.29 is 14.6 Å². The summed E-state index contributed by atoms with van der Waals surface area (Å²) in [5, 5.41) is 15.5. The topological polar surface area (TPSA) is 58.6 Å². The van der Waals surface area contributed by atoms with E-state index in [1.165, 1.54) is 0 Å². The Bertz CT molecular complexity index is 853. The molecule has 0 bridgehead atoms. The highest BCUT2D eigenvalue weighted by atomic mass is 16.5. The van der Waals surface area contributed by atoms with E-state index in [9.17, 15) is 9.90 Å². The first-order chi connectivity index (χ1) is 12.2. The number of ether oxygens (including phenoxy) is 1. The summed E-state index contributed by atoms with van der Waals surface area (Å²) >= 11 is 0. The van der Waals surface area contributed by atoms with E-state index in [4.69, 9.17) is 4.74 Å². The Balaban J connectivity index is 1.60. The van der Waals surface area contributed by atoms with Crippen LogP contribution >= 0.6 is 0 Å². The van der Waals surface area contributed by atoms with Gasteiger partial charge in [0.25, 0.3) is 5.91 Å². The molecule has 4 nitrogen and oxygen atoms in total. The Hall–Kier alpha value is -2.85. The van der Waals surface area contributed by atoms with E-state index in [-0.39, 0.29) is 5.91 Å². The SMILES string of the molecule is COc1ccc(C(=O)NCCC(O)c2cccc3ccccc23)cc1. The van der Waals surface area contributed by atoms with E-state index < -0.39 is 6.10 Å². The number of methoxy groups -OCH3 is 1. The number of carbonyl (C=O) groups excluding carboxylic acids is 1. The van der Waals surface area contributed by atoms with Crippen LogP contribution in [0.1, 0.15) is 28.4 Å². The summed E-state index contributed by atoms with van der Waals surface area (Å²) in [6, 6.07) is 20.8. The van der Waals surface area contributed by atoms with Crippen LogP contribution in [0.5, 0.6) is 5.75 Å². The van der Waals surface area contributed by atoms with Crippen LogP contribution in [0, 0.1) is 0 Å². The lowest BCUT2D eigenvalue weighted by molar-refractivity contribution is 0.0943. The molecule has 0 saturated heterocycles. The normalized spacial score (nSPS) is 11.9. The fourth-order valence-electron chi connectivity index (χ4n) is 2.86. The minimum Gasteiger partial charge on any atom is -0.497 e. The highest BCUT2D eigenvalue weighted by Gasteiger charge is 2.12. The molecular formula is C21H21NO3. The first-order valence-corrected chi connectivity index (χ1v) is 8.27. The van der Waals surface area contributed by atoms with Gasteiger partial charge in [-0.25, -0.2) is 0 Å². The molecule has 0 fully saturated rings. The van der Waals surface area contributed by atoms with E-state index in [2.05, 4.69) is 5.32 Å². The second-order valence-corrected chi connectivity index (χ2v) is 5.86. The minimum absolute atomic E-state index is 0.159. The standard InChI is InChI=1S/C21H21NO3/c1-25-17-11-9-16(10-12-17)21(24)22-14-13-20(23)19-8-4-6-15-5-2-3-7-18(15)19/h2-12,20,23H,13-14H2,1H3,(H,22,24). The average molecular weight is 335 g/mol. The van der Waals surface area contributed by atoms with Crippen molar-refractivity contribution in [1.82, 2.24) is 5.32 Å². The molecule has 128 valence electrons. The summed E-state index contributed by atoms with van der Waals surface area (Å²) in [5.74, 6) is 0.552. The number of nitrogens with one attached hydrogen (secondary N) is 1. The van der Waals surface area contributed by atoms with Gasteiger partial charge in [-0.15, -0.1) is 0 Å². The number of amides is 1. The number of aliphatic hydroxyl groups excluding tert-OH is 1. The van der Waals surface area contributed by atoms with Crippen molar-refractivity contribution in [3.05, 3.63) is 77.9 Å². The van der Waals surface area contributed by atoms with Crippen LogP contribution in [0.15, 0.2) is 66.7 Å². The van der Waals surface area contributed by atoms with Crippen molar-refractivity contribution in [1.29, 1.82) is 0 Å². The van der Waals surface area contributed by atoms with Gasteiger partial charge in [0.2, 0.25) is 0 Å². The Morgan fingerprint density at radius 2 is 1.76 bits per heavy atom. The fraction of sp³-hybridized carbons (Fsp3) is 0.190. The second-order valence-electron chi connectivity index (χ2n) is 5.86. The van der Waals surface area contributed by atoms with Crippen LogP contribution in [0.25, 0.3) is 10.8 Å². The highest BCUT2D eigenvalue weighted by molar-refractivity contribution is 5.94. The lowest BCUT2D eigenvalue weighted by Gasteiger charge is -2.14. The van der Waals surface area contributed by atoms with Crippen LogP contribution in [-0.2, 0) is 0 Å². The molecule has 25 heavy (non-hydrogen) atoms. The maximum atomic E-state index is 12.1. The van der Waals surface area contributed by atoms with Crippen LogP contribution in [-0.4, -0.2) is 24.7 Å². The average Bonchev–Trinajstić information content (AvgIpc) is 2.67. The van der Waals surface area contributed by atoms with Gasteiger partial charge in [0.1, 0.15) is 5.75 Å². The maximum Gasteiger partial charge on any atom is 0.251 e. The van der Waals surface area contributed by atoms with Crippen molar-refractivity contribution in [2.75, 3.05) is 13.7 Å². The van der Waals surface area contributed by atoms with Crippen molar-refractivity contribution in [2.24, 2.45) is 0 Å². The van der Waals surface area contributed by atoms with Gasteiger partial charge in [0.05, 0.1) is 13.2 Å². The van der Waals surface area contributed by atoms with Crippen molar-refractivity contribution in [3.63, 3.8) is 0 Å². The lowest BCUT2D eigenvalue weighted by Crippen LogP contribution is -2.25. The number of hydrogen-bond acceptors (Lipinski definition) is 3. The number of carbonyl (C=O) groups is 1. The molecule has 1 atom stereocenters. The molecule has 3 aromatic rings. The molecule has 0 saturated carbocycles. The minimum atomic E-state index is -0.623. The van der Waals surface area contributed by atoms with E-state index in [0.29, 0.717) is 24.3 Å². The zero-order chi connectivity index (χ0) is 17.6. The molecule has 1 amide bonds. The first-order valence-electron chi connectivity index (χ1n) is 8.27. The van der Waals surface area contributed by atoms with E-state index in [1.54, 1.807) is 31.4 Å². The Morgan fingerprint density at radius 1 is 1.04 bits per heavy atom. The molecule has 0 spiro atoms. The Labute approximate surface area is 147 Å². The van der Waals surface area contributed by atoms with Gasteiger partial charge in [-0.2, -0.15) is 0 Å². The summed E-state index contributed by atoms with van der Waals surface area (Å²) < 4.78 is 5.08. The fourth-order valence-corrected chi connectivity index (χ4v) is 2.86. The third-order valence-corrected chi connectivity index (χ3v) is 4.24. The van der Waals surface area contributed by atoms with Crippen molar-refractivity contribution >= 4 is 16.7 Å². The zero-order valence-corrected chi connectivity index (χ0v) is 14.1. The van der Waals surface area contributed by atoms with Crippen molar-refractivity contribution in [2.45, 2.75) is 12.5 Å². The number of aliphatic hydroxyl groups is 1. The molecule has 0 heterocycles. The molecule has 0 aliphatic rings. The predicted octanol–water partition coefficient (Wildman–Crippen LogP) is 3.70. The number of hydrogen-bond donors (Lipinski definition) is 2. The van der Waals surface area contributed by atoms with Gasteiger partial charge < -0.3 is 15.2 Å². The van der Waals surface area contributed by atoms with E-state index >= 15 is 0 Å². The van der Waals surface area contributed by atoms with Gasteiger partial charge in [-0.3, -0.25) is 4.79 Å². The number of fused-ring (bicyclic) bond motifs is 1. The third kappa shape index (κ3) is 3.98. The van der Waals surface area contributed by atoms with Crippen LogP contribution in [0.4, 0.5) is 0 Å². The Morgan fingerprint density at radius 3 is 2.52 bits per heavy atom. The molecule has 3 aromatic carbocycles. The monoisotopic (exact) mass is 335 g/mol. The van der Waals surface area contributed by atoms with Crippen molar-refractivity contribution in [3.8, 4) is 5.75 Å². The number of rotatable bonds is 6. The third-order valence-electron chi connectivity index (χ3n) is 4.24. The lowest BCUT2D eigenvalue weighted by atomic mass is 9.99. The first kappa shape index (κ1) is 17.0. The molecule has 1 unspecified atom stereocenters. The van der Waals surface area contributed by atoms with Gasteiger partial charge in [-0.1, -0.05) is 42.5 Å². The molecule has 3 rings (SSSR count). The quantitative estimate of drug-likeness (QED) is 0.722. The molecule has 0 aliphatic heterocycles. The summed E-state index contributed by atoms with van der Waals surface area (Å²) in [5.41, 5.74) is 1.46. The molecule has 0 aromatic heterocycles. The molecule has 4 heteroatoms.